The first-order valence-corrected chi connectivity index (χ1v) is 6.21. The molecule has 0 bridgehead atoms. The number of aromatic nitrogens is 2. The van der Waals surface area contributed by atoms with Crippen LogP contribution in [-0.2, 0) is 7.05 Å². The lowest BCUT2D eigenvalue weighted by molar-refractivity contribution is 0.102. The second-order valence-corrected chi connectivity index (χ2v) is 4.98. The standard InChI is InChI=1S/C12H12IN3O/c1-8-11(7-14-16(8)2)12(17)15-10-5-3-4-9(13)6-10/h3-7H,1-2H3,(H,15,17). The number of benzene rings is 1. The van der Waals surface area contributed by atoms with Crippen LogP contribution >= 0.6 is 22.6 Å². The zero-order valence-electron chi connectivity index (χ0n) is 9.57. The molecule has 0 radical (unpaired) electrons. The molecule has 2 rings (SSSR count). The molecule has 0 saturated carbocycles. The third-order valence-electron chi connectivity index (χ3n) is 2.56. The van der Waals surface area contributed by atoms with Crippen LogP contribution in [0, 0.1) is 10.5 Å². The van der Waals surface area contributed by atoms with Crippen molar-refractivity contribution in [1.82, 2.24) is 9.78 Å². The number of carbonyl (C=O) groups is 1. The Morgan fingerprint density at radius 1 is 1.47 bits per heavy atom. The van der Waals surface area contributed by atoms with Gasteiger partial charge in [0.25, 0.3) is 5.91 Å². The lowest BCUT2D eigenvalue weighted by Gasteiger charge is -2.05. The quantitative estimate of drug-likeness (QED) is 0.854. The summed E-state index contributed by atoms with van der Waals surface area (Å²) in [5, 5.41) is 6.91. The molecule has 0 aliphatic carbocycles. The summed E-state index contributed by atoms with van der Waals surface area (Å²) in [6.45, 7) is 1.87. The lowest BCUT2D eigenvalue weighted by Crippen LogP contribution is -2.12. The molecule has 1 heterocycles. The number of hydrogen-bond acceptors (Lipinski definition) is 2. The lowest BCUT2D eigenvalue weighted by atomic mass is 10.2. The summed E-state index contributed by atoms with van der Waals surface area (Å²) in [5.74, 6) is -0.127. The Balaban J connectivity index is 2.20. The van der Waals surface area contributed by atoms with Crippen LogP contribution in [0.2, 0.25) is 0 Å². The van der Waals surface area contributed by atoms with Gasteiger partial charge in [-0.3, -0.25) is 9.48 Å². The van der Waals surface area contributed by atoms with Gasteiger partial charge in [-0.15, -0.1) is 0 Å². The Morgan fingerprint density at radius 3 is 2.82 bits per heavy atom. The maximum Gasteiger partial charge on any atom is 0.259 e. The van der Waals surface area contributed by atoms with Crippen molar-refractivity contribution in [3.63, 3.8) is 0 Å². The third-order valence-corrected chi connectivity index (χ3v) is 3.23. The van der Waals surface area contributed by atoms with E-state index >= 15 is 0 Å². The Bertz CT molecular complexity index is 563. The molecular formula is C12H12IN3O. The number of amides is 1. The second kappa shape index (κ2) is 4.87. The molecule has 2 aromatic rings. The van der Waals surface area contributed by atoms with E-state index < -0.39 is 0 Å². The average Bonchev–Trinajstić information content (AvgIpc) is 2.60. The normalized spacial score (nSPS) is 10.3. The van der Waals surface area contributed by atoms with Crippen molar-refractivity contribution in [2.45, 2.75) is 6.92 Å². The maximum absolute atomic E-state index is 12.0. The van der Waals surface area contributed by atoms with E-state index in [1.54, 1.807) is 10.9 Å². The number of rotatable bonds is 2. The first-order valence-electron chi connectivity index (χ1n) is 5.13. The second-order valence-electron chi connectivity index (χ2n) is 3.73. The summed E-state index contributed by atoms with van der Waals surface area (Å²) in [6, 6.07) is 7.68. The van der Waals surface area contributed by atoms with E-state index in [1.807, 2.05) is 38.2 Å². The molecular weight excluding hydrogens is 329 g/mol. The van der Waals surface area contributed by atoms with Gasteiger partial charge in [-0.05, 0) is 47.7 Å². The highest BCUT2D eigenvalue weighted by Crippen LogP contribution is 2.14. The first kappa shape index (κ1) is 12.1. The van der Waals surface area contributed by atoms with Gasteiger partial charge in [0, 0.05) is 22.0 Å². The Hall–Kier alpha value is -1.37. The summed E-state index contributed by atoms with van der Waals surface area (Å²) in [5.41, 5.74) is 2.25. The van der Waals surface area contributed by atoms with Gasteiger partial charge < -0.3 is 5.32 Å². The van der Waals surface area contributed by atoms with E-state index in [0.29, 0.717) is 5.56 Å². The van der Waals surface area contributed by atoms with Gasteiger partial charge in [0.2, 0.25) is 0 Å². The van der Waals surface area contributed by atoms with Crippen LogP contribution in [0.15, 0.2) is 30.5 Å². The van der Waals surface area contributed by atoms with Crippen molar-refractivity contribution in [2.75, 3.05) is 5.32 Å². The largest absolute Gasteiger partial charge is 0.322 e. The van der Waals surface area contributed by atoms with E-state index in [4.69, 9.17) is 0 Å². The molecule has 1 aromatic carbocycles. The van der Waals surface area contributed by atoms with Gasteiger partial charge in [-0.2, -0.15) is 5.10 Å². The molecule has 4 nitrogen and oxygen atoms in total. The minimum Gasteiger partial charge on any atom is -0.322 e. The molecule has 0 unspecified atom stereocenters. The number of halogens is 1. The fourth-order valence-corrected chi connectivity index (χ4v) is 2.03. The molecule has 0 atom stereocenters. The smallest absolute Gasteiger partial charge is 0.259 e. The average molecular weight is 341 g/mol. The molecule has 0 saturated heterocycles. The van der Waals surface area contributed by atoms with Crippen molar-refractivity contribution in [3.8, 4) is 0 Å². The minimum absolute atomic E-state index is 0.127. The molecule has 0 spiro atoms. The topological polar surface area (TPSA) is 46.9 Å². The molecule has 17 heavy (non-hydrogen) atoms. The van der Waals surface area contributed by atoms with E-state index in [1.165, 1.54) is 0 Å². The minimum atomic E-state index is -0.127. The fraction of sp³-hybridized carbons (Fsp3) is 0.167. The van der Waals surface area contributed by atoms with Crippen molar-refractivity contribution >= 4 is 34.2 Å². The molecule has 0 aliphatic heterocycles. The molecule has 5 heteroatoms. The summed E-state index contributed by atoms with van der Waals surface area (Å²) < 4.78 is 2.77. The van der Waals surface area contributed by atoms with E-state index in [-0.39, 0.29) is 5.91 Å². The maximum atomic E-state index is 12.0. The Morgan fingerprint density at radius 2 is 2.24 bits per heavy atom. The fourth-order valence-electron chi connectivity index (χ4n) is 1.49. The highest BCUT2D eigenvalue weighted by atomic mass is 127. The Kier molecular flexibility index (Phi) is 3.46. The zero-order chi connectivity index (χ0) is 12.4. The Labute approximate surface area is 113 Å². The predicted octanol–water partition coefficient (Wildman–Crippen LogP) is 2.59. The van der Waals surface area contributed by atoms with E-state index in [2.05, 4.69) is 33.0 Å². The summed E-state index contributed by atoms with van der Waals surface area (Å²) in [4.78, 5) is 12.0. The van der Waals surface area contributed by atoms with Crippen molar-refractivity contribution in [3.05, 3.63) is 45.3 Å². The van der Waals surface area contributed by atoms with E-state index in [9.17, 15) is 4.79 Å². The van der Waals surface area contributed by atoms with Crippen LogP contribution in [0.3, 0.4) is 0 Å². The van der Waals surface area contributed by atoms with Gasteiger partial charge >= 0.3 is 0 Å². The number of nitrogens with zero attached hydrogens (tertiary/aromatic N) is 2. The molecule has 88 valence electrons. The number of hydrogen-bond donors (Lipinski definition) is 1. The van der Waals surface area contributed by atoms with Crippen molar-refractivity contribution < 1.29 is 4.79 Å². The van der Waals surface area contributed by atoms with Crippen molar-refractivity contribution in [1.29, 1.82) is 0 Å². The number of aryl methyl sites for hydroxylation is 1. The molecule has 1 amide bonds. The monoisotopic (exact) mass is 341 g/mol. The van der Waals surface area contributed by atoms with Gasteiger partial charge in [0.15, 0.2) is 0 Å². The van der Waals surface area contributed by atoms with Crippen LogP contribution in [-0.4, -0.2) is 15.7 Å². The van der Waals surface area contributed by atoms with Crippen LogP contribution in [0.1, 0.15) is 16.1 Å². The molecule has 1 N–H and O–H groups in total. The number of nitrogens with one attached hydrogen (secondary N) is 1. The number of carbonyl (C=O) groups excluding carboxylic acids is 1. The highest BCUT2D eigenvalue weighted by molar-refractivity contribution is 14.1. The molecule has 1 aromatic heterocycles. The highest BCUT2D eigenvalue weighted by Gasteiger charge is 2.12. The van der Waals surface area contributed by atoms with Gasteiger partial charge in [0.1, 0.15) is 0 Å². The predicted molar refractivity (Wildman–Crippen MR) is 75.1 cm³/mol. The number of anilines is 1. The van der Waals surface area contributed by atoms with E-state index in [0.717, 1.165) is 15.0 Å². The van der Waals surface area contributed by atoms with Gasteiger partial charge in [-0.25, -0.2) is 0 Å². The van der Waals surface area contributed by atoms with Crippen LogP contribution < -0.4 is 5.32 Å². The summed E-state index contributed by atoms with van der Waals surface area (Å²) in [7, 11) is 1.82. The zero-order valence-corrected chi connectivity index (χ0v) is 11.7. The van der Waals surface area contributed by atoms with Crippen LogP contribution in [0.25, 0.3) is 0 Å². The molecule has 0 fully saturated rings. The first-order chi connectivity index (χ1) is 8.08. The van der Waals surface area contributed by atoms with Crippen LogP contribution in [0.4, 0.5) is 5.69 Å². The molecule has 0 aliphatic rings. The third kappa shape index (κ3) is 2.66. The SMILES string of the molecule is Cc1c(C(=O)Nc2cccc(I)c2)cnn1C. The van der Waals surface area contributed by atoms with Crippen molar-refractivity contribution in [2.24, 2.45) is 7.05 Å². The van der Waals surface area contributed by atoms with Gasteiger partial charge in [0.05, 0.1) is 11.8 Å². The van der Waals surface area contributed by atoms with Gasteiger partial charge in [-0.1, -0.05) is 6.07 Å². The summed E-state index contributed by atoms with van der Waals surface area (Å²) in [6.07, 6.45) is 1.58. The van der Waals surface area contributed by atoms with Crippen LogP contribution in [0.5, 0.6) is 0 Å². The summed E-state index contributed by atoms with van der Waals surface area (Å²) >= 11 is 2.21.